The number of aromatic nitrogens is 4. The van der Waals surface area contributed by atoms with E-state index < -0.39 is 0 Å². The van der Waals surface area contributed by atoms with Gasteiger partial charge >= 0.3 is 6.01 Å². The largest absolute Gasteiger partial charge is 0.408 e. The molecule has 0 bridgehead atoms. The Labute approximate surface area is 141 Å². The normalized spacial score (nSPS) is 25.5. The lowest BCUT2D eigenvalue weighted by Gasteiger charge is -2.47. The molecule has 24 heavy (non-hydrogen) atoms. The van der Waals surface area contributed by atoms with Gasteiger partial charge in [-0.2, -0.15) is 5.10 Å². The van der Waals surface area contributed by atoms with E-state index in [9.17, 15) is 0 Å². The minimum Gasteiger partial charge on any atom is -0.408 e. The van der Waals surface area contributed by atoms with Crippen LogP contribution in [0, 0.1) is 6.92 Å². The van der Waals surface area contributed by atoms with Crippen LogP contribution in [-0.4, -0.2) is 63.3 Å². The summed E-state index contributed by atoms with van der Waals surface area (Å²) in [5, 5.41) is 12.4. The van der Waals surface area contributed by atoms with E-state index in [1.807, 2.05) is 24.9 Å². The van der Waals surface area contributed by atoms with Crippen LogP contribution in [0.4, 0.5) is 6.01 Å². The van der Waals surface area contributed by atoms with Crippen LogP contribution < -0.4 is 4.90 Å². The van der Waals surface area contributed by atoms with Crippen LogP contribution in [0.3, 0.4) is 0 Å². The maximum atomic E-state index is 6.24. The molecule has 2 aromatic heterocycles. The van der Waals surface area contributed by atoms with Crippen molar-refractivity contribution in [1.82, 2.24) is 24.9 Å². The average Bonchev–Trinajstić information content (AvgIpc) is 3.16. The molecule has 2 aliphatic heterocycles. The number of hydrogen-bond donors (Lipinski definition) is 0. The Morgan fingerprint density at radius 2 is 2.17 bits per heavy atom. The highest BCUT2D eigenvalue weighted by Gasteiger charge is 2.41. The Bertz CT molecular complexity index is 694. The third kappa shape index (κ3) is 3.16. The zero-order valence-corrected chi connectivity index (χ0v) is 14.3. The molecule has 4 rings (SSSR count). The van der Waals surface area contributed by atoms with Gasteiger partial charge in [-0.25, -0.2) is 0 Å². The molecular weight excluding hydrogens is 308 g/mol. The quantitative estimate of drug-likeness (QED) is 0.829. The van der Waals surface area contributed by atoms with Crippen LogP contribution in [0.5, 0.6) is 0 Å². The lowest BCUT2D eigenvalue weighted by Crippen LogP contribution is -2.59. The number of hydrogen-bond acceptors (Lipinski definition) is 7. The second-order valence-electron chi connectivity index (χ2n) is 6.89. The zero-order valence-electron chi connectivity index (χ0n) is 14.3. The minimum atomic E-state index is -0.152. The van der Waals surface area contributed by atoms with Crippen molar-refractivity contribution in [3.63, 3.8) is 0 Å². The molecule has 4 heterocycles. The van der Waals surface area contributed by atoms with E-state index in [1.165, 1.54) is 5.56 Å². The highest BCUT2D eigenvalue weighted by Crippen LogP contribution is 2.31. The van der Waals surface area contributed by atoms with Crippen molar-refractivity contribution in [2.24, 2.45) is 7.05 Å². The molecular formula is C16H24N6O2. The Kier molecular flexibility index (Phi) is 4.01. The van der Waals surface area contributed by atoms with E-state index in [-0.39, 0.29) is 5.60 Å². The Hall–Kier alpha value is -1.93. The monoisotopic (exact) mass is 332 g/mol. The summed E-state index contributed by atoms with van der Waals surface area (Å²) in [5.41, 5.74) is 1.09. The van der Waals surface area contributed by atoms with Crippen molar-refractivity contribution in [2.75, 3.05) is 37.7 Å². The van der Waals surface area contributed by atoms with Crippen molar-refractivity contribution in [2.45, 2.75) is 31.9 Å². The van der Waals surface area contributed by atoms with Gasteiger partial charge in [0.05, 0.1) is 24.9 Å². The highest BCUT2D eigenvalue weighted by atomic mass is 16.5. The fourth-order valence-electron chi connectivity index (χ4n) is 3.79. The molecule has 2 fully saturated rings. The third-order valence-corrected chi connectivity index (χ3v) is 4.82. The second kappa shape index (κ2) is 6.18. The predicted molar refractivity (Wildman–Crippen MR) is 87.7 cm³/mol. The summed E-state index contributed by atoms with van der Waals surface area (Å²) < 4.78 is 13.7. The van der Waals surface area contributed by atoms with Crippen molar-refractivity contribution in [3.8, 4) is 0 Å². The first-order valence-electron chi connectivity index (χ1n) is 8.51. The predicted octanol–water partition coefficient (Wildman–Crippen LogP) is 0.983. The van der Waals surface area contributed by atoms with Crippen molar-refractivity contribution >= 4 is 6.01 Å². The third-order valence-electron chi connectivity index (χ3n) is 4.82. The molecule has 0 N–H and O–H groups in total. The molecule has 2 aromatic rings. The van der Waals surface area contributed by atoms with E-state index in [0.717, 1.165) is 52.2 Å². The highest BCUT2D eigenvalue weighted by molar-refractivity contribution is 5.27. The number of piperidine rings is 1. The van der Waals surface area contributed by atoms with Gasteiger partial charge in [0.25, 0.3) is 0 Å². The molecule has 8 heteroatoms. The number of nitrogens with zero attached hydrogens (tertiary/aromatic N) is 6. The van der Waals surface area contributed by atoms with Crippen LogP contribution in [0.2, 0.25) is 0 Å². The summed E-state index contributed by atoms with van der Waals surface area (Å²) in [7, 11) is 1.95. The molecule has 1 atom stereocenters. The maximum Gasteiger partial charge on any atom is 0.318 e. The number of aryl methyl sites for hydroxylation is 2. The van der Waals surface area contributed by atoms with E-state index >= 15 is 0 Å². The number of rotatable bonds is 3. The average molecular weight is 332 g/mol. The van der Waals surface area contributed by atoms with Gasteiger partial charge in [-0.3, -0.25) is 9.58 Å². The van der Waals surface area contributed by atoms with Gasteiger partial charge in [-0.05, 0) is 12.8 Å². The van der Waals surface area contributed by atoms with Gasteiger partial charge in [-0.15, -0.1) is 5.10 Å². The minimum absolute atomic E-state index is 0.152. The van der Waals surface area contributed by atoms with Gasteiger partial charge < -0.3 is 14.1 Å². The molecule has 0 saturated carbocycles. The first kappa shape index (κ1) is 15.6. The molecule has 0 unspecified atom stereocenters. The van der Waals surface area contributed by atoms with Crippen LogP contribution in [0.15, 0.2) is 16.8 Å². The lowest BCUT2D eigenvalue weighted by molar-refractivity contribution is -0.116. The molecule has 1 spiro atoms. The van der Waals surface area contributed by atoms with Crippen LogP contribution in [0.25, 0.3) is 0 Å². The second-order valence-corrected chi connectivity index (χ2v) is 6.89. The SMILES string of the molecule is Cc1nnc(N2CCC[C@]3(CN(Cc4cnn(C)c4)CCO3)C2)o1. The van der Waals surface area contributed by atoms with E-state index in [2.05, 4.69) is 31.3 Å². The molecule has 0 aliphatic carbocycles. The van der Waals surface area contributed by atoms with Crippen LogP contribution in [-0.2, 0) is 18.3 Å². The Morgan fingerprint density at radius 3 is 2.92 bits per heavy atom. The first-order valence-corrected chi connectivity index (χ1v) is 8.51. The lowest BCUT2D eigenvalue weighted by atomic mass is 9.91. The zero-order chi connectivity index (χ0) is 16.6. The van der Waals surface area contributed by atoms with E-state index in [4.69, 9.17) is 9.15 Å². The molecule has 2 aliphatic rings. The van der Waals surface area contributed by atoms with Crippen molar-refractivity contribution in [1.29, 1.82) is 0 Å². The summed E-state index contributed by atoms with van der Waals surface area (Å²) in [6.45, 7) is 7.12. The molecule has 8 nitrogen and oxygen atoms in total. The van der Waals surface area contributed by atoms with Crippen molar-refractivity contribution in [3.05, 3.63) is 23.8 Å². The topological polar surface area (TPSA) is 72.5 Å². The summed E-state index contributed by atoms with van der Waals surface area (Å²) >= 11 is 0. The van der Waals surface area contributed by atoms with Gasteiger partial charge in [0, 0.05) is 51.9 Å². The fourth-order valence-corrected chi connectivity index (χ4v) is 3.79. The van der Waals surface area contributed by atoms with Crippen LogP contribution in [0.1, 0.15) is 24.3 Å². The summed E-state index contributed by atoms with van der Waals surface area (Å²) in [5.74, 6) is 0.604. The van der Waals surface area contributed by atoms with Crippen molar-refractivity contribution < 1.29 is 9.15 Å². The standard InChI is InChI=1S/C16H24N6O2/c1-13-18-19-15(24-13)22-5-3-4-16(12-22)11-21(6-7-23-16)10-14-8-17-20(2)9-14/h8-9H,3-7,10-12H2,1-2H3/t16-/m0/s1. The molecule has 0 aromatic carbocycles. The Balaban J connectivity index is 1.45. The first-order chi connectivity index (χ1) is 11.6. The van der Waals surface area contributed by atoms with Crippen LogP contribution >= 0.6 is 0 Å². The van der Waals surface area contributed by atoms with E-state index in [1.54, 1.807) is 0 Å². The van der Waals surface area contributed by atoms with E-state index in [0.29, 0.717) is 11.9 Å². The summed E-state index contributed by atoms with van der Waals surface area (Å²) in [6.07, 6.45) is 6.16. The fraction of sp³-hybridized carbons (Fsp3) is 0.688. The van der Waals surface area contributed by atoms with Gasteiger partial charge in [-0.1, -0.05) is 5.10 Å². The van der Waals surface area contributed by atoms with Gasteiger partial charge in [0.2, 0.25) is 5.89 Å². The summed E-state index contributed by atoms with van der Waals surface area (Å²) in [6, 6.07) is 0.611. The van der Waals surface area contributed by atoms with Gasteiger partial charge in [0.1, 0.15) is 0 Å². The summed E-state index contributed by atoms with van der Waals surface area (Å²) in [4.78, 5) is 4.63. The number of morpholine rings is 1. The molecule has 130 valence electrons. The Morgan fingerprint density at radius 1 is 1.25 bits per heavy atom. The number of ether oxygens (including phenoxy) is 1. The maximum absolute atomic E-state index is 6.24. The molecule has 0 radical (unpaired) electrons. The number of anilines is 1. The molecule has 2 saturated heterocycles. The smallest absolute Gasteiger partial charge is 0.318 e. The van der Waals surface area contributed by atoms with Gasteiger partial charge in [0.15, 0.2) is 0 Å². The molecule has 0 amide bonds.